The topological polar surface area (TPSA) is 74.7 Å². The van der Waals surface area contributed by atoms with Crippen molar-refractivity contribution in [2.24, 2.45) is 11.8 Å². The maximum Gasteiger partial charge on any atom is 0.435 e. The van der Waals surface area contributed by atoms with Gasteiger partial charge in [-0.15, -0.1) is 0 Å². The molecule has 2 aromatic rings. The summed E-state index contributed by atoms with van der Waals surface area (Å²) < 4.78 is 138. The summed E-state index contributed by atoms with van der Waals surface area (Å²) >= 11 is 0. The monoisotopic (exact) mass is 681 g/mol. The third kappa shape index (κ3) is 5.40. The van der Waals surface area contributed by atoms with Gasteiger partial charge in [0.15, 0.2) is 9.84 Å². The molecular formula is C32H35F8NO4S. The molecule has 1 saturated heterocycles. The van der Waals surface area contributed by atoms with Gasteiger partial charge >= 0.3 is 18.0 Å². The second kappa shape index (κ2) is 11.5. The normalized spacial score (nSPS) is 26.3. The summed E-state index contributed by atoms with van der Waals surface area (Å²) in [6, 6.07) is 4.43. The third-order valence-corrected chi connectivity index (χ3v) is 12.8. The first-order chi connectivity index (χ1) is 21.2. The van der Waals surface area contributed by atoms with E-state index in [1.807, 2.05) is 0 Å². The van der Waals surface area contributed by atoms with Gasteiger partial charge in [0, 0.05) is 18.0 Å². The van der Waals surface area contributed by atoms with Gasteiger partial charge in [-0.1, -0.05) is 18.2 Å². The Morgan fingerprint density at radius 1 is 0.891 bits per heavy atom. The fraction of sp³-hybridized carbons (Fsp3) is 0.594. The minimum Gasteiger partial charge on any atom is -0.390 e. The number of fused-ring (bicyclic) bond motifs is 3. The minimum absolute atomic E-state index is 0.0388. The SMILES string of the molecule is CC(C)(O)[C@H]1CC[C@H](C(=O)N2CC[C@]3(S(=O)(=O)c4ccc(F)cc4)c4ccc(C(F)(C(F)(F)F)C(F)(F)F)cc4CCC[C@H]23)CC1. The molecule has 1 heterocycles. The molecule has 1 N–H and O–H groups in total. The summed E-state index contributed by atoms with van der Waals surface area (Å²) in [4.78, 5) is 15.1. The number of benzene rings is 2. The van der Waals surface area contributed by atoms with Gasteiger partial charge < -0.3 is 10.0 Å². The molecule has 5 rings (SSSR count). The minimum atomic E-state index is -6.36. The van der Waals surface area contributed by atoms with Crippen LogP contribution in [0.1, 0.15) is 75.5 Å². The molecule has 2 aromatic carbocycles. The summed E-state index contributed by atoms with van der Waals surface area (Å²) in [5, 5.41) is 10.4. The predicted molar refractivity (Wildman–Crippen MR) is 151 cm³/mol. The number of halogens is 8. The molecule has 0 aromatic heterocycles. The van der Waals surface area contributed by atoms with Crippen LogP contribution in [0.4, 0.5) is 35.1 Å². The Balaban J connectivity index is 1.63. The van der Waals surface area contributed by atoms with E-state index in [1.165, 1.54) is 4.90 Å². The maximum absolute atomic E-state index is 15.1. The molecule has 1 amide bonds. The van der Waals surface area contributed by atoms with Crippen LogP contribution in [0.25, 0.3) is 0 Å². The molecule has 2 fully saturated rings. The lowest BCUT2D eigenvalue weighted by Crippen LogP contribution is -2.51. The van der Waals surface area contributed by atoms with Crippen molar-refractivity contribution in [3.05, 3.63) is 65.0 Å². The van der Waals surface area contributed by atoms with Crippen LogP contribution in [0.5, 0.6) is 0 Å². The van der Waals surface area contributed by atoms with E-state index in [4.69, 9.17) is 0 Å². The average molecular weight is 682 g/mol. The molecule has 0 bridgehead atoms. The summed E-state index contributed by atoms with van der Waals surface area (Å²) in [5.74, 6) is -1.56. The largest absolute Gasteiger partial charge is 0.435 e. The molecule has 5 nitrogen and oxygen atoms in total. The van der Waals surface area contributed by atoms with Crippen molar-refractivity contribution in [1.29, 1.82) is 0 Å². The highest BCUT2D eigenvalue weighted by molar-refractivity contribution is 7.92. The molecule has 254 valence electrons. The Morgan fingerprint density at radius 3 is 2.02 bits per heavy atom. The highest BCUT2D eigenvalue weighted by Gasteiger charge is 2.73. The summed E-state index contributed by atoms with van der Waals surface area (Å²) in [6.07, 6.45) is -10.9. The quantitative estimate of drug-likeness (QED) is 0.266. The van der Waals surface area contributed by atoms with Gasteiger partial charge in [-0.05, 0) is 107 Å². The highest BCUT2D eigenvalue weighted by atomic mass is 32.2. The molecule has 46 heavy (non-hydrogen) atoms. The van der Waals surface area contributed by atoms with Crippen molar-refractivity contribution in [2.45, 2.75) is 105 Å². The van der Waals surface area contributed by atoms with Crippen LogP contribution in [0, 0.1) is 17.7 Å². The Kier molecular flexibility index (Phi) is 8.61. The fourth-order valence-electron chi connectivity index (χ4n) is 7.79. The number of rotatable bonds is 5. The van der Waals surface area contributed by atoms with Gasteiger partial charge in [-0.25, -0.2) is 17.2 Å². The van der Waals surface area contributed by atoms with Crippen molar-refractivity contribution >= 4 is 15.7 Å². The molecule has 2 aliphatic carbocycles. The number of aliphatic hydroxyl groups is 1. The Hall–Kier alpha value is -2.74. The number of alkyl halides is 7. The van der Waals surface area contributed by atoms with Gasteiger partial charge in [0.1, 0.15) is 10.6 Å². The summed E-state index contributed by atoms with van der Waals surface area (Å²) in [7, 11) is -4.58. The van der Waals surface area contributed by atoms with Gasteiger partial charge in [0.05, 0.1) is 16.5 Å². The Morgan fingerprint density at radius 2 is 1.48 bits per heavy atom. The molecule has 0 spiro atoms. The molecule has 14 heteroatoms. The van der Waals surface area contributed by atoms with E-state index < -0.39 is 61.5 Å². The van der Waals surface area contributed by atoms with Crippen LogP contribution in [0.2, 0.25) is 0 Å². The zero-order valence-corrected chi connectivity index (χ0v) is 26.0. The molecule has 2 atom stereocenters. The Bertz CT molecular complexity index is 1560. The number of nitrogens with zero attached hydrogens (tertiary/aromatic N) is 1. The van der Waals surface area contributed by atoms with Gasteiger partial charge in [0.2, 0.25) is 5.91 Å². The summed E-state index contributed by atoms with van der Waals surface area (Å²) in [5.41, 5.74) is -8.66. The van der Waals surface area contributed by atoms with E-state index in [9.17, 15) is 49.1 Å². The van der Waals surface area contributed by atoms with Gasteiger partial charge in [0.25, 0.3) is 0 Å². The first kappa shape index (κ1) is 34.6. The van der Waals surface area contributed by atoms with Crippen LogP contribution in [0.3, 0.4) is 0 Å². The summed E-state index contributed by atoms with van der Waals surface area (Å²) in [6.45, 7) is 3.33. The van der Waals surface area contributed by atoms with Crippen molar-refractivity contribution in [3.63, 3.8) is 0 Å². The number of amides is 1. The van der Waals surface area contributed by atoms with E-state index in [0.717, 1.165) is 30.3 Å². The number of likely N-dealkylation sites (tertiary alicyclic amines) is 1. The number of hydrogen-bond acceptors (Lipinski definition) is 4. The van der Waals surface area contributed by atoms with Crippen molar-refractivity contribution in [1.82, 2.24) is 4.90 Å². The fourth-order valence-corrected chi connectivity index (χ4v) is 10.2. The van der Waals surface area contributed by atoms with Crippen LogP contribution >= 0.6 is 0 Å². The van der Waals surface area contributed by atoms with Crippen LogP contribution in [-0.4, -0.2) is 54.9 Å². The van der Waals surface area contributed by atoms with Gasteiger partial charge in [-0.2, -0.15) is 26.3 Å². The van der Waals surface area contributed by atoms with Crippen LogP contribution in [-0.2, 0) is 31.5 Å². The molecule has 1 saturated carbocycles. The van der Waals surface area contributed by atoms with Crippen molar-refractivity contribution in [2.75, 3.05) is 6.54 Å². The average Bonchev–Trinajstić information content (AvgIpc) is 3.27. The highest BCUT2D eigenvalue weighted by Crippen LogP contribution is 2.56. The molecule has 1 aliphatic heterocycles. The van der Waals surface area contributed by atoms with E-state index in [-0.39, 0.29) is 60.1 Å². The first-order valence-corrected chi connectivity index (χ1v) is 16.6. The standard InChI is InChI=1S/C32H35F8NO4S/c1-28(2,43)21-8-6-19(7-9-21)27(42)41-17-16-29(46(44,45)24-13-11-23(33)12-14-24)25-15-10-22(18-20(25)4-3-5-26(29)41)30(34,31(35,36)37)32(38,39)40/h10-15,18-19,21,26,43H,3-9,16-17H2,1-2H3/t19-,21-,26-,29-/m0/s1. The zero-order valence-electron chi connectivity index (χ0n) is 25.2. The molecule has 0 unspecified atom stereocenters. The number of carbonyl (C=O) groups excluding carboxylic acids is 1. The van der Waals surface area contributed by atoms with Gasteiger partial charge in [-0.3, -0.25) is 4.79 Å². The van der Waals surface area contributed by atoms with E-state index in [1.54, 1.807) is 13.8 Å². The van der Waals surface area contributed by atoms with Crippen molar-refractivity contribution in [3.8, 4) is 0 Å². The first-order valence-electron chi connectivity index (χ1n) is 15.2. The lowest BCUT2D eigenvalue weighted by atomic mass is 9.74. The number of sulfone groups is 1. The number of hydrogen-bond donors (Lipinski definition) is 1. The lowest BCUT2D eigenvalue weighted by molar-refractivity contribution is -0.348. The third-order valence-electron chi connectivity index (χ3n) is 10.3. The smallest absolute Gasteiger partial charge is 0.390 e. The van der Waals surface area contributed by atoms with Crippen LogP contribution in [0.15, 0.2) is 47.4 Å². The number of carbonyl (C=O) groups is 1. The van der Waals surface area contributed by atoms with Crippen molar-refractivity contribution < 1.29 is 53.4 Å². The maximum atomic E-state index is 15.1. The van der Waals surface area contributed by atoms with E-state index >= 15 is 4.39 Å². The Labute approximate surface area is 261 Å². The van der Waals surface area contributed by atoms with E-state index in [0.29, 0.717) is 37.8 Å². The lowest BCUT2D eigenvalue weighted by Gasteiger charge is -2.40. The molecule has 3 aliphatic rings. The second-order valence-corrected chi connectivity index (χ2v) is 15.5. The molecular weight excluding hydrogens is 646 g/mol. The predicted octanol–water partition coefficient (Wildman–Crippen LogP) is 7.30. The zero-order chi connectivity index (χ0) is 34.1. The second-order valence-electron chi connectivity index (χ2n) is 13.3. The van der Waals surface area contributed by atoms with E-state index in [2.05, 4.69) is 0 Å². The number of aryl methyl sites for hydroxylation is 1. The van der Waals surface area contributed by atoms with Crippen LogP contribution < -0.4 is 0 Å². The molecule has 0 radical (unpaired) electrons.